The molecule has 132 valence electrons. The molecular formula is C19H19N5OS. The van der Waals surface area contributed by atoms with E-state index in [-0.39, 0.29) is 5.91 Å². The number of hydrogen-bond acceptors (Lipinski definition) is 6. The number of aryl methyl sites for hydroxylation is 1. The summed E-state index contributed by atoms with van der Waals surface area (Å²) in [6.07, 6.45) is 4.28. The van der Waals surface area contributed by atoms with Gasteiger partial charge in [-0.3, -0.25) is 4.79 Å². The molecule has 0 atom stereocenters. The van der Waals surface area contributed by atoms with Gasteiger partial charge in [-0.05, 0) is 31.5 Å². The van der Waals surface area contributed by atoms with Gasteiger partial charge in [-0.25, -0.2) is 15.0 Å². The fourth-order valence-corrected chi connectivity index (χ4v) is 4.12. The van der Waals surface area contributed by atoms with E-state index in [4.69, 9.17) is 0 Å². The number of thiazole rings is 1. The van der Waals surface area contributed by atoms with Crippen molar-refractivity contribution in [3.8, 4) is 10.8 Å². The van der Waals surface area contributed by atoms with Crippen LogP contribution in [0.4, 0.5) is 11.4 Å². The summed E-state index contributed by atoms with van der Waals surface area (Å²) in [6.45, 7) is 3.48. The van der Waals surface area contributed by atoms with Gasteiger partial charge < -0.3 is 9.80 Å². The van der Waals surface area contributed by atoms with Gasteiger partial charge >= 0.3 is 0 Å². The van der Waals surface area contributed by atoms with Crippen LogP contribution < -0.4 is 9.80 Å². The fraction of sp³-hybridized carbons (Fsp3) is 0.263. The molecule has 1 amide bonds. The molecule has 0 unspecified atom stereocenters. The molecule has 3 aromatic rings. The molecule has 1 aliphatic heterocycles. The number of benzene rings is 1. The molecule has 3 heterocycles. The summed E-state index contributed by atoms with van der Waals surface area (Å²) in [7, 11) is 2.07. The number of anilines is 2. The Balaban J connectivity index is 1.72. The van der Waals surface area contributed by atoms with Crippen molar-refractivity contribution < 1.29 is 4.79 Å². The molecule has 0 saturated carbocycles. The van der Waals surface area contributed by atoms with Crippen LogP contribution in [0, 0.1) is 6.92 Å². The Morgan fingerprint density at radius 2 is 1.81 bits per heavy atom. The highest BCUT2D eigenvalue weighted by Crippen LogP contribution is 2.34. The quantitative estimate of drug-likeness (QED) is 0.696. The minimum Gasteiger partial charge on any atom is -0.373 e. The summed E-state index contributed by atoms with van der Waals surface area (Å²) in [5, 5.41) is 0.673. The van der Waals surface area contributed by atoms with E-state index in [1.807, 2.05) is 30.0 Å². The molecule has 0 saturated heterocycles. The van der Waals surface area contributed by atoms with Crippen molar-refractivity contribution in [2.45, 2.75) is 13.3 Å². The van der Waals surface area contributed by atoms with Crippen LogP contribution in [0.25, 0.3) is 10.8 Å². The highest BCUT2D eigenvalue weighted by molar-refractivity contribution is 7.17. The van der Waals surface area contributed by atoms with Crippen LogP contribution in [-0.4, -0.2) is 41.0 Å². The SMILES string of the molecule is Cc1nc(-c2ncccn2)sc1C(=O)N1CCCN(C)c2ccccc21. The van der Waals surface area contributed by atoms with Crippen molar-refractivity contribution in [1.29, 1.82) is 0 Å². The van der Waals surface area contributed by atoms with Crippen molar-refractivity contribution in [2.75, 3.05) is 29.9 Å². The van der Waals surface area contributed by atoms with Crippen molar-refractivity contribution in [3.05, 3.63) is 53.3 Å². The topological polar surface area (TPSA) is 62.2 Å². The number of para-hydroxylation sites is 2. The highest BCUT2D eigenvalue weighted by Gasteiger charge is 2.27. The first-order valence-electron chi connectivity index (χ1n) is 8.52. The Morgan fingerprint density at radius 1 is 1.08 bits per heavy atom. The van der Waals surface area contributed by atoms with Gasteiger partial charge in [-0.2, -0.15) is 0 Å². The van der Waals surface area contributed by atoms with E-state index in [0.717, 1.165) is 30.0 Å². The van der Waals surface area contributed by atoms with E-state index in [2.05, 4.69) is 33.0 Å². The molecule has 0 bridgehead atoms. The van der Waals surface area contributed by atoms with E-state index in [1.165, 1.54) is 11.3 Å². The first-order chi connectivity index (χ1) is 12.6. The maximum atomic E-state index is 13.3. The van der Waals surface area contributed by atoms with Crippen LogP contribution in [0.2, 0.25) is 0 Å². The van der Waals surface area contributed by atoms with Gasteiger partial charge in [0.05, 0.1) is 17.1 Å². The zero-order valence-electron chi connectivity index (χ0n) is 14.7. The Morgan fingerprint density at radius 3 is 2.58 bits per heavy atom. The molecule has 0 radical (unpaired) electrons. The first-order valence-corrected chi connectivity index (χ1v) is 9.33. The average Bonchev–Trinajstić information content (AvgIpc) is 2.98. The molecule has 0 fully saturated rings. The molecular weight excluding hydrogens is 346 g/mol. The second-order valence-corrected chi connectivity index (χ2v) is 7.23. The minimum absolute atomic E-state index is 0.00932. The van der Waals surface area contributed by atoms with Crippen LogP contribution in [0.3, 0.4) is 0 Å². The lowest BCUT2D eigenvalue weighted by Gasteiger charge is -2.24. The Hall–Kier alpha value is -2.80. The van der Waals surface area contributed by atoms with Crippen molar-refractivity contribution in [1.82, 2.24) is 15.0 Å². The predicted octanol–water partition coefficient (Wildman–Crippen LogP) is 3.40. The number of rotatable bonds is 2. The summed E-state index contributed by atoms with van der Waals surface area (Å²) in [5.74, 6) is 0.542. The van der Waals surface area contributed by atoms with E-state index in [0.29, 0.717) is 22.3 Å². The summed E-state index contributed by atoms with van der Waals surface area (Å²) >= 11 is 1.36. The number of amides is 1. The summed E-state index contributed by atoms with van der Waals surface area (Å²) in [4.78, 5) is 31.0. The second kappa shape index (κ2) is 6.84. The zero-order chi connectivity index (χ0) is 18.1. The second-order valence-electron chi connectivity index (χ2n) is 6.23. The van der Waals surface area contributed by atoms with Gasteiger partial charge in [0.1, 0.15) is 4.88 Å². The number of aromatic nitrogens is 3. The van der Waals surface area contributed by atoms with Crippen LogP contribution in [0.1, 0.15) is 21.8 Å². The number of carbonyl (C=O) groups excluding carboxylic acids is 1. The molecule has 0 N–H and O–H groups in total. The van der Waals surface area contributed by atoms with Gasteiger partial charge in [-0.1, -0.05) is 12.1 Å². The van der Waals surface area contributed by atoms with Gasteiger partial charge in [-0.15, -0.1) is 11.3 Å². The third kappa shape index (κ3) is 2.94. The van der Waals surface area contributed by atoms with E-state index < -0.39 is 0 Å². The molecule has 1 aromatic carbocycles. The van der Waals surface area contributed by atoms with Gasteiger partial charge in [0, 0.05) is 32.5 Å². The van der Waals surface area contributed by atoms with Crippen molar-refractivity contribution >= 4 is 28.6 Å². The Labute approximate surface area is 156 Å². The molecule has 0 aliphatic carbocycles. The molecule has 7 heteroatoms. The lowest BCUT2D eigenvalue weighted by atomic mass is 10.2. The number of hydrogen-bond donors (Lipinski definition) is 0. The number of nitrogens with zero attached hydrogens (tertiary/aromatic N) is 5. The Bertz CT molecular complexity index is 940. The maximum absolute atomic E-state index is 13.3. The zero-order valence-corrected chi connectivity index (χ0v) is 15.5. The summed E-state index contributed by atoms with van der Waals surface area (Å²) < 4.78 is 0. The monoisotopic (exact) mass is 365 g/mol. The molecule has 26 heavy (non-hydrogen) atoms. The van der Waals surface area contributed by atoms with Crippen LogP contribution in [0.15, 0.2) is 42.7 Å². The Kier molecular flexibility index (Phi) is 4.38. The van der Waals surface area contributed by atoms with Crippen molar-refractivity contribution in [3.63, 3.8) is 0 Å². The fourth-order valence-electron chi connectivity index (χ4n) is 3.16. The van der Waals surface area contributed by atoms with Crippen LogP contribution >= 0.6 is 11.3 Å². The molecule has 2 aromatic heterocycles. The van der Waals surface area contributed by atoms with E-state index in [9.17, 15) is 4.79 Å². The standard InChI is InChI=1S/C19H19N5OS/c1-13-16(26-18(22-13)17-20-9-5-10-21-17)19(25)24-12-6-11-23(2)14-7-3-4-8-15(14)24/h3-5,7-10H,6,11-12H2,1-2H3. The van der Waals surface area contributed by atoms with Gasteiger partial charge in [0.15, 0.2) is 10.8 Å². The highest BCUT2D eigenvalue weighted by atomic mass is 32.1. The van der Waals surface area contributed by atoms with Crippen molar-refractivity contribution in [2.24, 2.45) is 0 Å². The third-order valence-corrected chi connectivity index (χ3v) is 5.59. The maximum Gasteiger partial charge on any atom is 0.270 e. The van der Waals surface area contributed by atoms with Crippen LogP contribution in [0.5, 0.6) is 0 Å². The predicted molar refractivity (Wildman–Crippen MR) is 104 cm³/mol. The van der Waals surface area contributed by atoms with Crippen LogP contribution in [-0.2, 0) is 0 Å². The average molecular weight is 365 g/mol. The van der Waals surface area contributed by atoms with Gasteiger partial charge in [0.25, 0.3) is 5.91 Å². The number of carbonyl (C=O) groups is 1. The molecule has 1 aliphatic rings. The van der Waals surface area contributed by atoms with Gasteiger partial charge in [0.2, 0.25) is 0 Å². The lowest BCUT2D eigenvalue weighted by molar-refractivity contribution is 0.0990. The summed E-state index contributed by atoms with van der Waals surface area (Å²) in [6, 6.07) is 9.81. The molecule has 0 spiro atoms. The normalized spacial score (nSPS) is 14.1. The molecule has 4 rings (SSSR count). The largest absolute Gasteiger partial charge is 0.373 e. The first kappa shape index (κ1) is 16.7. The van der Waals surface area contributed by atoms with E-state index >= 15 is 0 Å². The lowest BCUT2D eigenvalue weighted by Crippen LogP contribution is -2.31. The van der Waals surface area contributed by atoms with E-state index in [1.54, 1.807) is 18.5 Å². The molecule has 6 nitrogen and oxygen atoms in total. The smallest absolute Gasteiger partial charge is 0.270 e. The minimum atomic E-state index is -0.00932. The third-order valence-electron chi connectivity index (χ3n) is 4.45. The number of fused-ring (bicyclic) bond motifs is 1. The summed E-state index contributed by atoms with van der Waals surface area (Å²) in [5.41, 5.74) is 2.74.